The number of aryl methyl sites for hydroxylation is 1. The predicted molar refractivity (Wildman–Crippen MR) is 99.9 cm³/mol. The van der Waals surface area contributed by atoms with Gasteiger partial charge in [0.2, 0.25) is 0 Å². The molecule has 0 bridgehead atoms. The molecular formula is C19H22BrNO3. The number of methoxy groups -OCH3 is 1. The fourth-order valence-corrected chi connectivity index (χ4v) is 2.73. The summed E-state index contributed by atoms with van der Waals surface area (Å²) in [4.78, 5) is 12.0. The number of rotatable bonds is 8. The van der Waals surface area contributed by atoms with Gasteiger partial charge in [-0.3, -0.25) is 4.79 Å². The third-order valence-corrected chi connectivity index (χ3v) is 4.21. The molecule has 1 amide bonds. The third kappa shape index (κ3) is 5.57. The number of halogens is 1. The Kier molecular flexibility index (Phi) is 7.12. The molecule has 1 N–H and O–H groups in total. The highest BCUT2D eigenvalue weighted by molar-refractivity contribution is 9.10. The largest absolute Gasteiger partial charge is 0.497 e. The topological polar surface area (TPSA) is 47.6 Å². The molecule has 0 unspecified atom stereocenters. The van der Waals surface area contributed by atoms with Gasteiger partial charge >= 0.3 is 0 Å². The molecule has 0 heterocycles. The summed E-state index contributed by atoms with van der Waals surface area (Å²) in [5.74, 6) is 1.17. The predicted octanol–water partition coefficient (Wildman–Crippen LogP) is 4.82. The molecule has 2 rings (SSSR count). The zero-order chi connectivity index (χ0) is 17.4. The van der Waals surface area contributed by atoms with E-state index in [1.54, 1.807) is 31.4 Å². The highest BCUT2D eigenvalue weighted by atomic mass is 79.9. The first-order chi connectivity index (χ1) is 11.6. The minimum atomic E-state index is -0.201. The first kappa shape index (κ1) is 18.3. The van der Waals surface area contributed by atoms with E-state index in [0.29, 0.717) is 5.75 Å². The molecule has 5 heteroatoms. The molecule has 0 atom stereocenters. The van der Waals surface area contributed by atoms with Gasteiger partial charge in [0.05, 0.1) is 12.8 Å². The van der Waals surface area contributed by atoms with Crippen LogP contribution in [-0.2, 0) is 11.2 Å². The first-order valence-corrected chi connectivity index (χ1v) is 8.76. The van der Waals surface area contributed by atoms with E-state index in [4.69, 9.17) is 9.47 Å². The van der Waals surface area contributed by atoms with E-state index in [-0.39, 0.29) is 12.5 Å². The van der Waals surface area contributed by atoms with Crippen LogP contribution >= 0.6 is 15.9 Å². The summed E-state index contributed by atoms with van der Waals surface area (Å²) in [6, 6.07) is 13.1. The molecule has 2 aromatic rings. The monoisotopic (exact) mass is 391 g/mol. The van der Waals surface area contributed by atoms with Crippen LogP contribution in [0.1, 0.15) is 25.3 Å². The van der Waals surface area contributed by atoms with Crippen LogP contribution < -0.4 is 14.8 Å². The number of amides is 1. The summed E-state index contributed by atoms with van der Waals surface area (Å²) in [5, 5.41) is 2.85. The summed E-state index contributed by atoms with van der Waals surface area (Å²) >= 11 is 3.51. The van der Waals surface area contributed by atoms with Gasteiger partial charge in [-0.1, -0.05) is 19.4 Å². The molecule has 4 nitrogen and oxygen atoms in total. The number of unbranched alkanes of at least 4 members (excludes halogenated alkanes) is 1. The zero-order valence-corrected chi connectivity index (χ0v) is 15.6. The Hall–Kier alpha value is -2.01. The molecule has 0 saturated carbocycles. The number of nitrogens with one attached hydrogen (secondary N) is 1. The highest BCUT2D eigenvalue weighted by Crippen LogP contribution is 2.24. The Bertz CT molecular complexity index is 671. The quantitative estimate of drug-likeness (QED) is 0.701. The van der Waals surface area contributed by atoms with Crippen LogP contribution in [0, 0.1) is 0 Å². The molecular weight excluding hydrogens is 370 g/mol. The zero-order valence-electron chi connectivity index (χ0n) is 14.0. The van der Waals surface area contributed by atoms with Crippen molar-refractivity contribution in [1.82, 2.24) is 0 Å². The normalized spacial score (nSPS) is 10.3. The summed E-state index contributed by atoms with van der Waals surface area (Å²) in [6.07, 6.45) is 3.37. The summed E-state index contributed by atoms with van der Waals surface area (Å²) in [5.41, 5.74) is 2.01. The van der Waals surface area contributed by atoms with Crippen LogP contribution in [0.5, 0.6) is 11.5 Å². The van der Waals surface area contributed by atoms with Gasteiger partial charge in [-0.2, -0.15) is 0 Å². The smallest absolute Gasteiger partial charge is 0.262 e. The molecule has 24 heavy (non-hydrogen) atoms. The van der Waals surface area contributed by atoms with Crippen molar-refractivity contribution < 1.29 is 14.3 Å². The van der Waals surface area contributed by atoms with E-state index in [0.717, 1.165) is 28.8 Å². The van der Waals surface area contributed by atoms with Crippen molar-refractivity contribution in [2.24, 2.45) is 0 Å². The van der Waals surface area contributed by atoms with Crippen molar-refractivity contribution in [3.8, 4) is 11.5 Å². The minimum absolute atomic E-state index is 0.0453. The molecule has 0 aliphatic heterocycles. The highest BCUT2D eigenvalue weighted by Gasteiger charge is 2.07. The van der Waals surface area contributed by atoms with Gasteiger partial charge in [-0.25, -0.2) is 0 Å². The maximum atomic E-state index is 12.0. The number of carbonyl (C=O) groups is 1. The van der Waals surface area contributed by atoms with Crippen molar-refractivity contribution in [3.63, 3.8) is 0 Å². The number of ether oxygens (including phenoxy) is 2. The average Bonchev–Trinajstić information content (AvgIpc) is 2.60. The summed E-state index contributed by atoms with van der Waals surface area (Å²) < 4.78 is 11.4. The van der Waals surface area contributed by atoms with Gasteiger partial charge in [0.25, 0.3) is 5.91 Å². The van der Waals surface area contributed by atoms with Crippen molar-refractivity contribution in [2.45, 2.75) is 26.2 Å². The minimum Gasteiger partial charge on any atom is -0.497 e. The van der Waals surface area contributed by atoms with Crippen LogP contribution in [0.25, 0.3) is 0 Å². The van der Waals surface area contributed by atoms with Gasteiger partial charge < -0.3 is 14.8 Å². The van der Waals surface area contributed by atoms with E-state index < -0.39 is 0 Å². The lowest BCUT2D eigenvalue weighted by Gasteiger charge is -2.10. The number of benzene rings is 2. The number of anilines is 1. The molecule has 0 aromatic heterocycles. The third-order valence-electron chi connectivity index (χ3n) is 3.56. The molecule has 0 fully saturated rings. The first-order valence-electron chi connectivity index (χ1n) is 7.97. The van der Waals surface area contributed by atoms with E-state index in [9.17, 15) is 4.79 Å². The lowest BCUT2D eigenvalue weighted by molar-refractivity contribution is -0.118. The van der Waals surface area contributed by atoms with Crippen LogP contribution in [0.3, 0.4) is 0 Å². The fourth-order valence-electron chi connectivity index (χ4n) is 2.20. The Morgan fingerprint density at radius 2 is 1.83 bits per heavy atom. The van der Waals surface area contributed by atoms with Crippen LogP contribution in [0.4, 0.5) is 5.69 Å². The Labute approximate surface area is 151 Å². The molecule has 0 radical (unpaired) electrons. The van der Waals surface area contributed by atoms with Crippen molar-refractivity contribution in [2.75, 3.05) is 19.0 Å². The lowest BCUT2D eigenvalue weighted by Crippen LogP contribution is -2.20. The Morgan fingerprint density at radius 3 is 2.46 bits per heavy atom. The molecule has 0 saturated heterocycles. The van der Waals surface area contributed by atoms with Gasteiger partial charge in [0.1, 0.15) is 11.5 Å². The number of carbonyl (C=O) groups excluding carboxylic acids is 1. The van der Waals surface area contributed by atoms with E-state index in [1.807, 2.05) is 12.1 Å². The Morgan fingerprint density at radius 1 is 1.12 bits per heavy atom. The van der Waals surface area contributed by atoms with Gasteiger partial charge in [0.15, 0.2) is 6.61 Å². The van der Waals surface area contributed by atoms with Gasteiger partial charge in [0, 0.05) is 4.47 Å². The molecule has 2 aromatic carbocycles. The standard InChI is InChI=1S/C19H22BrNO3/c1-3-4-5-14-6-11-18(17(20)12-14)21-19(22)13-24-16-9-7-15(23-2)8-10-16/h6-12H,3-5,13H2,1-2H3,(H,21,22). The number of hydrogen-bond acceptors (Lipinski definition) is 3. The number of hydrogen-bond donors (Lipinski definition) is 1. The summed E-state index contributed by atoms with van der Waals surface area (Å²) in [7, 11) is 1.61. The van der Waals surface area contributed by atoms with Crippen molar-refractivity contribution in [3.05, 3.63) is 52.5 Å². The fraction of sp³-hybridized carbons (Fsp3) is 0.316. The average molecular weight is 392 g/mol. The van der Waals surface area contributed by atoms with Crippen molar-refractivity contribution >= 4 is 27.5 Å². The van der Waals surface area contributed by atoms with E-state index in [2.05, 4.69) is 34.2 Å². The SMILES string of the molecule is CCCCc1ccc(NC(=O)COc2ccc(OC)cc2)c(Br)c1. The van der Waals surface area contributed by atoms with Crippen LogP contribution in [-0.4, -0.2) is 19.6 Å². The molecule has 128 valence electrons. The maximum absolute atomic E-state index is 12.0. The Balaban J connectivity index is 1.87. The second-order valence-electron chi connectivity index (χ2n) is 5.43. The van der Waals surface area contributed by atoms with Crippen molar-refractivity contribution in [1.29, 1.82) is 0 Å². The second-order valence-corrected chi connectivity index (χ2v) is 6.28. The molecule has 0 aliphatic rings. The second kappa shape index (κ2) is 9.33. The van der Waals surface area contributed by atoms with Gasteiger partial charge in [-0.15, -0.1) is 0 Å². The van der Waals surface area contributed by atoms with Crippen LogP contribution in [0.2, 0.25) is 0 Å². The van der Waals surface area contributed by atoms with Gasteiger partial charge in [-0.05, 0) is 70.7 Å². The lowest BCUT2D eigenvalue weighted by atomic mass is 10.1. The molecule has 0 aliphatic carbocycles. The summed E-state index contributed by atoms with van der Waals surface area (Å²) in [6.45, 7) is 2.13. The van der Waals surface area contributed by atoms with Crippen LogP contribution in [0.15, 0.2) is 46.9 Å². The van der Waals surface area contributed by atoms with E-state index >= 15 is 0 Å². The van der Waals surface area contributed by atoms with E-state index in [1.165, 1.54) is 12.0 Å². The maximum Gasteiger partial charge on any atom is 0.262 e. The molecule has 0 spiro atoms.